The zero-order chi connectivity index (χ0) is 25.7. The highest BCUT2D eigenvalue weighted by Crippen LogP contribution is 2.47. The van der Waals surface area contributed by atoms with Gasteiger partial charge in [-0.15, -0.1) is 13.9 Å². The summed E-state index contributed by atoms with van der Waals surface area (Å²) in [5, 5.41) is 7.99. The molecule has 1 aliphatic carbocycles. The molecule has 0 amide bonds. The van der Waals surface area contributed by atoms with Crippen molar-refractivity contribution in [2.75, 3.05) is 31.6 Å². The third-order valence-electron chi connectivity index (χ3n) is 7.62. The number of ether oxygens (including phenoxy) is 3. The Bertz CT molecular complexity index is 1500. The number of nitrogens with zero attached hydrogens (tertiary/aromatic N) is 4. The standard InChI is InChI=1S/C28H27F2N5O3/c29-28(30)37-25-3-1-2-23(26(25)38-28)24-11-10-22-17-31-27(33-35(22)24)32-20-7-4-18-5-8-21(9-6-19(18)16-20)34-12-14-36-15-13-34/h1-4,7,10-11,16-17,21H,5-6,8-9,12-15H2,(H,32,33). The Morgan fingerprint density at radius 1 is 0.947 bits per heavy atom. The predicted octanol–water partition coefficient (Wildman–Crippen LogP) is 5.04. The monoisotopic (exact) mass is 519 g/mol. The first-order valence-corrected chi connectivity index (χ1v) is 13.0. The minimum absolute atomic E-state index is 0.00399. The summed E-state index contributed by atoms with van der Waals surface area (Å²) in [6.45, 7) is 3.68. The highest BCUT2D eigenvalue weighted by Gasteiger charge is 2.44. The fourth-order valence-electron chi connectivity index (χ4n) is 5.74. The Balaban J connectivity index is 1.13. The largest absolute Gasteiger partial charge is 0.586 e. The third-order valence-corrected chi connectivity index (χ3v) is 7.62. The summed E-state index contributed by atoms with van der Waals surface area (Å²) in [4.78, 5) is 7.05. The molecule has 1 N–H and O–H groups in total. The second kappa shape index (κ2) is 9.21. The van der Waals surface area contributed by atoms with Gasteiger partial charge in [-0.1, -0.05) is 12.1 Å². The van der Waals surface area contributed by atoms with Crippen molar-refractivity contribution < 1.29 is 23.0 Å². The van der Waals surface area contributed by atoms with Gasteiger partial charge in [0.1, 0.15) is 0 Å². The number of alkyl halides is 2. The third kappa shape index (κ3) is 4.33. The molecule has 1 atom stereocenters. The molecule has 0 saturated carbocycles. The zero-order valence-electron chi connectivity index (χ0n) is 20.7. The number of hydrogen-bond acceptors (Lipinski definition) is 7. The van der Waals surface area contributed by atoms with Crippen molar-refractivity contribution in [3.05, 3.63) is 65.9 Å². The minimum atomic E-state index is -3.69. The maximum absolute atomic E-state index is 13.7. The lowest BCUT2D eigenvalue weighted by Gasteiger charge is -2.33. The Hall–Kier alpha value is -3.76. The van der Waals surface area contributed by atoms with Gasteiger partial charge in [-0.3, -0.25) is 4.90 Å². The Morgan fingerprint density at radius 2 is 1.79 bits per heavy atom. The normalized spacial score (nSPS) is 20.7. The highest BCUT2D eigenvalue weighted by molar-refractivity contribution is 5.75. The summed E-state index contributed by atoms with van der Waals surface area (Å²) in [6, 6.07) is 15.5. The van der Waals surface area contributed by atoms with Crippen molar-refractivity contribution in [2.45, 2.75) is 38.0 Å². The quantitative estimate of drug-likeness (QED) is 0.379. The van der Waals surface area contributed by atoms with Crippen LogP contribution in [0.25, 0.3) is 16.8 Å². The number of morpholine rings is 1. The van der Waals surface area contributed by atoms with Gasteiger partial charge in [0.2, 0.25) is 5.95 Å². The lowest BCUT2D eigenvalue weighted by Crippen LogP contribution is -2.43. The molecule has 2 aromatic heterocycles. The second-order valence-electron chi connectivity index (χ2n) is 9.93. The Labute approximate surface area is 218 Å². The van der Waals surface area contributed by atoms with E-state index in [2.05, 4.69) is 43.2 Å². The molecule has 0 spiro atoms. The molecule has 1 unspecified atom stereocenters. The van der Waals surface area contributed by atoms with Gasteiger partial charge >= 0.3 is 6.29 Å². The van der Waals surface area contributed by atoms with Crippen LogP contribution in [0.4, 0.5) is 20.4 Å². The van der Waals surface area contributed by atoms with Gasteiger partial charge in [0.25, 0.3) is 0 Å². The molecule has 0 bridgehead atoms. The zero-order valence-corrected chi connectivity index (χ0v) is 20.7. The van der Waals surface area contributed by atoms with Gasteiger partial charge in [-0.2, -0.15) is 0 Å². The van der Waals surface area contributed by atoms with Crippen molar-refractivity contribution in [1.29, 1.82) is 0 Å². The minimum Gasteiger partial charge on any atom is -0.395 e. The van der Waals surface area contributed by atoms with E-state index >= 15 is 0 Å². The number of benzene rings is 2. The first kappa shape index (κ1) is 23.4. The Morgan fingerprint density at radius 3 is 2.66 bits per heavy atom. The van der Waals surface area contributed by atoms with Crippen molar-refractivity contribution in [2.24, 2.45) is 0 Å². The number of fused-ring (bicyclic) bond motifs is 3. The van der Waals surface area contributed by atoms with Gasteiger partial charge in [0.05, 0.1) is 30.6 Å². The van der Waals surface area contributed by atoms with E-state index in [1.54, 1.807) is 28.9 Å². The van der Waals surface area contributed by atoms with Gasteiger partial charge in [0.15, 0.2) is 11.5 Å². The van der Waals surface area contributed by atoms with Crippen LogP contribution in [0.15, 0.2) is 54.7 Å². The lowest BCUT2D eigenvalue weighted by atomic mass is 10.0. The van der Waals surface area contributed by atoms with Crippen LogP contribution in [0.1, 0.15) is 24.0 Å². The molecule has 0 radical (unpaired) electrons. The average Bonchev–Trinajstić information content (AvgIpc) is 3.40. The van der Waals surface area contributed by atoms with E-state index in [1.807, 2.05) is 6.07 Å². The second-order valence-corrected chi connectivity index (χ2v) is 9.93. The van der Waals surface area contributed by atoms with E-state index in [0.29, 0.717) is 23.2 Å². The van der Waals surface area contributed by atoms with Crippen LogP contribution in [0.5, 0.6) is 11.5 Å². The number of aryl methyl sites for hydroxylation is 2. The van der Waals surface area contributed by atoms with E-state index in [1.165, 1.54) is 23.6 Å². The number of rotatable bonds is 4. The van der Waals surface area contributed by atoms with Crippen LogP contribution < -0.4 is 14.8 Å². The highest BCUT2D eigenvalue weighted by atomic mass is 19.3. The van der Waals surface area contributed by atoms with E-state index in [4.69, 9.17) is 9.47 Å². The molecule has 2 aliphatic heterocycles. The maximum Gasteiger partial charge on any atom is 0.586 e. The molecule has 1 saturated heterocycles. The molecule has 4 aromatic rings. The topological polar surface area (TPSA) is 73.2 Å². The summed E-state index contributed by atoms with van der Waals surface area (Å²) >= 11 is 0. The fourth-order valence-corrected chi connectivity index (χ4v) is 5.74. The average molecular weight is 520 g/mol. The van der Waals surface area contributed by atoms with E-state index in [0.717, 1.165) is 56.8 Å². The van der Waals surface area contributed by atoms with Gasteiger partial charge < -0.3 is 19.5 Å². The van der Waals surface area contributed by atoms with Crippen LogP contribution in [0.2, 0.25) is 0 Å². The Kier molecular flexibility index (Phi) is 5.66. The molecular weight excluding hydrogens is 492 g/mol. The SMILES string of the molecule is FC1(F)Oc2cccc(-c3ccc4cnc(Nc5ccc6c(c5)CCC(N5CCOCC5)CC6)nn34)c2O1. The summed E-state index contributed by atoms with van der Waals surface area (Å²) in [5.41, 5.74) is 5.45. The molecule has 4 heterocycles. The van der Waals surface area contributed by atoms with Crippen LogP contribution >= 0.6 is 0 Å². The molecule has 1 fully saturated rings. The van der Waals surface area contributed by atoms with Crippen LogP contribution in [-0.2, 0) is 17.6 Å². The van der Waals surface area contributed by atoms with Crippen LogP contribution in [-0.4, -0.2) is 58.1 Å². The number of nitrogens with one attached hydrogen (secondary N) is 1. The summed E-state index contributed by atoms with van der Waals surface area (Å²) in [5.74, 6) is 0.396. The molecule has 3 aliphatic rings. The number of halogens is 2. The molecule has 7 rings (SSSR count). The molecule has 2 aromatic carbocycles. The molecule has 10 heteroatoms. The van der Waals surface area contributed by atoms with Crippen molar-refractivity contribution in [3.8, 4) is 22.8 Å². The number of hydrogen-bond donors (Lipinski definition) is 1. The number of aromatic nitrogens is 3. The predicted molar refractivity (Wildman–Crippen MR) is 137 cm³/mol. The number of para-hydroxylation sites is 1. The van der Waals surface area contributed by atoms with E-state index < -0.39 is 6.29 Å². The van der Waals surface area contributed by atoms with Crippen molar-refractivity contribution in [1.82, 2.24) is 19.5 Å². The maximum atomic E-state index is 13.7. The number of anilines is 2. The summed E-state index contributed by atoms with van der Waals surface area (Å²) in [7, 11) is 0. The van der Waals surface area contributed by atoms with Crippen LogP contribution in [0.3, 0.4) is 0 Å². The van der Waals surface area contributed by atoms with Gasteiger partial charge in [0, 0.05) is 30.4 Å². The van der Waals surface area contributed by atoms with Crippen LogP contribution in [0, 0.1) is 0 Å². The van der Waals surface area contributed by atoms with Gasteiger partial charge in [-0.05, 0) is 73.2 Å². The fraction of sp³-hybridized carbons (Fsp3) is 0.357. The van der Waals surface area contributed by atoms with Crippen molar-refractivity contribution in [3.63, 3.8) is 0 Å². The first-order chi connectivity index (χ1) is 18.5. The molecule has 38 heavy (non-hydrogen) atoms. The van der Waals surface area contributed by atoms with Gasteiger partial charge in [-0.25, -0.2) is 9.50 Å². The lowest BCUT2D eigenvalue weighted by molar-refractivity contribution is -0.286. The first-order valence-electron chi connectivity index (χ1n) is 13.0. The summed E-state index contributed by atoms with van der Waals surface area (Å²) < 4.78 is 44.1. The van der Waals surface area contributed by atoms with Crippen molar-refractivity contribution >= 4 is 17.2 Å². The molecule has 196 valence electrons. The molecule has 8 nitrogen and oxygen atoms in total. The molecular formula is C28H27F2N5O3. The van der Waals surface area contributed by atoms with E-state index in [-0.39, 0.29) is 11.5 Å². The smallest absolute Gasteiger partial charge is 0.395 e. The summed E-state index contributed by atoms with van der Waals surface area (Å²) in [6.07, 6.45) is 2.40. The van der Waals surface area contributed by atoms with E-state index in [9.17, 15) is 8.78 Å².